The Labute approximate surface area is 243 Å². The van der Waals surface area contributed by atoms with Crippen LogP contribution in [0.3, 0.4) is 0 Å². The van der Waals surface area contributed by atoms with Crippen molar-refractivity contribution in [2.75, 3.05) is 17.9 Å². The topological polar surface area (TPSA) is 165 Å². The van der Waals surface area contributed by atoms with Gasteiger partial charge in [0.2, 0.25) is 11.8 Å². The van der Waals surface area contributed by atoms with E-state index < -0.39 is 46.4 Å². The van der Waals surface area contributed by atoms with Gasteiger partial charge in [-0.2, -0.15) is 0 Å². The first kappa shape index (κ1) is 30.2. The predicted molar refractivity (Wildman–Crippen MR) is 158 cm³/mol. The number of benzene rings is 4. The number of carbonyl (C=O) groups excluding carboxylic acids is 3. The predicted octanol–water partition coefficient (Wildman–Crippen LogP) is 3.11. The number of esters is 1. The van der Waals surface area contributed by atoms with Crippen LogP contribution in [0.1, 0.15) is 34.3 Å². The molecule has 0 aliphatic heterocycles. The van der Waals surface area contributed by atoms with Crippen molar-refractivity contribution >= 4 is 44.3 Å². The molecule has 0 saturated heterocycles. The van der Waals surface area contributed by atoms with Crippen LogP contribution in [0.5, 0.6) is 0 Å². The van der Waals surface area contributed by atoms with E-state index in [-0.39, 0.29) is 34.7 Å². The molecule has 0 aliphatic carbocycles. The van der Waals surface area contributed by atoms with Crippen molar-refractivity contribution in [3.05, 3.63) is 108 Å². The summed E-state index contributed by atoms with van der Waals surface area (Å²) in [6.07, 6.45) is -1.77. The van der Waals surface area contributed by atoms with Crippen LogP contribution < -0.4 is 15.8 Å². The molecule has 0 saturated carbocycles. The van der Waals surface area contributed by atoms with Crippen LogP contribution in [0.15, 0.2) is 95.9 Å². The first-order chi connectivity index (χ1) is 20.1. The molecule has 4 aromatic carbocycles. The van der Waals surface area contributed by atoms with E-state index in [1.165, 1.54) is 30.3 Å². The Morgan fingerprint density at radius 3 is 2.29 bits per heavy atom. The molecular weight excluding hydrogens is 558 g/mol. The Morgan fingerprint density at radius 2 is 1.60 bits per heavy atom. The maximum atomic E-state index is 13.6. The van der Waals surface area contributed by atoms with E-state index in [2.05, 4.69) is 10.0 Å². The molecule has 0 heterocycles. The Balaban J connectivity index is 1.78. The summed E-state index contributed by atoms with van der Waals surface area (Å²) in [5.41, 5.74) is 6.33. The number of nitrogens with one attached hydrogen (secondary N) is 2. The lowest BCUT2D eigenvalue weighted by molar-refractivity contribution is -0.144. The number of amides is 2. The largest absolute Gasteiger partial charge is 0.465 e. The number of aliphatic hydroxyl groups excluding tert-OH is 1. The molecule has 0 aromatic heterocycles. The van der Waals surface area contributed by atoms with Crippen LogP contribution >= 0.6 is 0 Å². The van der Waals surface area contributed by atoms with E-state index in [1.54, 1.807) is 55.5 Å². The van der Waals surface area contributed by atoms with Gasteiger partial charge in [-0.3, -0.25) is 19.1 Å². The third-order valence-corrected chi connectivity index (χ3v) is 8.04. The van der Waals surface area contributed by atoms with Gasteiger partial charge < -0.3 is 20.9 Å². The van der Waals surface area contributed by atoms with E-state index in [4.69, 9.17) is 10.5 Å². The van der Waals surface area contributed by atoms with E-state index in [0.717, 1.165) is 5.39 Å². The fraction of sp³-hybridized carbons (Fsp3) is 0.194. The molecule has 4 rings (SSSR count). The van der Waals surface area contributed by atoms with Crippen LogP contribution in [-0.4, -0.2) is 50.6 Å². The van der Waals surface area contributed by atoms with Crippen molar-refractivity contribution in [3.63, 3.8) is 0 Å². The van der Waals surface area contributed by atoms with Gasteiger partial charge in [-0.05, 0) is 59.5 Å². The summed E-state index contributed by atoms with van der Waals surface area (Å²) >= 11 is 0. The standard InChI is InChI=1S/C31H31N3O7S/c1-2-41-27(35)19-33-31(38)29(36)25(17-20-9-4-3-5-10-20)28-24(30(32)37)13-8-14-26(28)34-42(39,40)23-16-15-21-11-6-7-12-22(21)18-23/h3-16,18,25,29,34,36H,2,17,19H2,1H3,(H2,32,37)(H,33,38). The maximum absolute atomic E-state index is 13.6. The third kappa shape index (κ3) is 7.12. The zero-order valence-corrected chi connectivity index (χ0v) is 23.6. The first-order valence-electron chi connectivity index (χ1n) is 13.2. The number of hydrogen-bond donors (Lipinski definition) is 4. The van der Waals surface area contributed by atoms with Gasteiger partial charge in [-0.25, -0.2) is 8.42 Å². The number of fused-ring (bicyclic) bond motifs is 1. The molecule has 2 atom stereocenters. The molecule has 10 nitrogen and oxygen atoms in total. The summed E-state index contributed by atoms with van der Waals surface area (Å²) in [6, 6.07) is 25.1. The fourth-order valence-electron chi connectivity index (χ4n) is 4.70. The van der Waals surface area contributed by atoms with Crippen LogP contribution in [-0.2, 0) is 30.8 Å². The molecule has 5 N–H and O–H groups in total. The van der Waals surface area contributed by atoms with Crippen LogP contribution in [0.2, 0.25) is 0 Å². The van der Waals surface area contributed by atoms with Crippen molar-refractivity contribution in [1.29, 1.82) is 0 Å². The van der Waals surface area contributed by atoms with Gasteiger partial charge in [0.05, 0.1) is 17.2 Å². The van der Waals surface area contributed by atoms with E-state index >= 15 is 0 Å². The van der Waals surface area contributed by atoms with Gasteiger partial charge in [-0.1, -0.05) is 66.7 Å². The molecule has 0 bridgehead atoms. The summed E-state index contributed by atoms with van der Waals surface area (Å²) in [6.45, 7) is 1.24. The molecule has 11 heteroatoms. The van der Waals surface area contributed by atoms with Crippen molar-refractivity contribution in [2.45, 2.75) is 30.3 Å². The summed E-state index contributed by atoms with van der Waals surface area (Å²) in [5.74, 6) is -3.63. The second-order valence-corrected chi connectivity index (χ2v) is 11.2. The monoisotopic (exact) mass is 589 g/mol. The van der Waals surface area contributed by atoms with Gasteiger partial charge >= 0.3 is 5.97 Å². The summed E-state index contributed by atoms with van der Waals surface area (Å²) in [4.78, 5) is 37.4. The average molecular weight is 590 g/mol. The van der Waals surface area contributed by atoms with Gasteiger partial charge in [0, 0.05) is 11.5 Å². The number of carbonyl (C=O) groups is 3. The lowest BCUT2D eigenvalue weighted by Crippen LogP contribution is -2.42. The van der Waals surface area contributed by atoms with Crippen LogP contribution in [0, 0.1) is 0 Å². The Bertz CT molecular complexity index is 1710. The molecule has 0 radical (unpaired) electrons. The second kappa shape index (κ2) is 13.3. The molecule has 0 spiro atoms. The Kier molecular flexibility index (Phi) is 9.56. The quantitative estimate of drug-likeness (QED) is 0.184. The van der Waals surface area contributed by atoms with E-state index in [0.29, 0.717) is 10.9 Å². The van der Waals surface area contributed by atoms with Crippen molar-refractivity contribution in [1.82, 2.24) is 5.32 Å². The van der Waals surface area contributed by atoms with Crippen LogP contribution in [0.25, 0.3) is 10.8 Å². The molecule has 2 unspecified atom stereocenters. The fourth-order valence-corrected chi connectivity index (χ4v) is 5.82. The highest BCUT2D eigenvalue weighted by molar-refractivity contribution is 7.92. The maximum Gasteiger partial charge on any atom is 0.325 e. The molecule has 2 amide bonds. The van der Waals surface area contributed by atoms with Gasteiger partial charge in [-0.15, -0.1) is 0 Å². The number of aliphatic hydroxyl groups is 1. The van der Waals surface area contributed by atoms with Crippen molar-refractivity contribution < 1.29 is 32.6 Å². The van der Waals surface area contributed by atoms with Crippen molar-refractivity contribution in [3.8, 4) is 0 Å². The second-order valence-electron chi connectivity index (χ2n) is 9.51. The van der Waals surface area contributed by atoms with Gasteiger partial charge in [0.1, 0.15) is 12.6 Å². The number of sulfonamides is 1. The molecule has 42 heavy (non-hydrogen) atoms. The number of ether oxygens (including phenoxy) is 1. The zero-order valence-electron chi connectivity index (χ0n) is 22.8. The SMILES string of the molecule is CCOC(=O)CNC(=O)C(O)C(Cc1ccccc1)c1c(NS(=O)(=O)c2ccc3ccccc3c2)cccc1C(N)=O. The average Bonchev–Trinajstić information content (AvgIpc) is 2.98. The lowest BCUT2D eigenvalue weighted by Gasteiger charge is -2.27. The lowest BCUT2D eigenvalue weighted by atomic mass is 9.83. The minimum atomic E-state index is -4.20. The Hall–Kier alpha value is -4.74. The number of rotatable bonds is 12. The summed E-state index contributed by atoms with van der Waals surface area (Å²) < 4.78 is 34.5. The molecule has 0 aliphatic rings. The van der Waals surface area contributed by atoms with Gasteiger partial charge in [0.25, 0.3) is 10.0 Å². The minimum absolute atomic E-state index is 0.0241. The zero-order chi connectivity index (χ0) is 30.3. The first-order valence-corrected chi connectivity index (χ1v) is 14.7. The normalized spacial score (nSPS) is 12.7. The van der Waals surface area contributed by atoms with E-state index in [9.17, 15) is 27.9 Å². The highest BCUT2D eigenvalue weighted by atomic mass is 32.2. The third-order valence-electron chi connectivity index (χ3n) is 6.68. The molecule has 218 valence electrons. The number of primary amides is 1. The Morgan fingerprint density at radius 1 is 0.905 bits per heavy atom. The minimum Gasteiger partial charge on any atom is -0.465 e. The molecule has 0 fully saturated rings. The number of hydrogen-bond acceptors (Lipinski definition) is 7. The highest BCUT2D eigenvalue weighted by Gasteiger charge is 2.34. The highest BCUT2D eigenvalue weighted by Crippen LogP contribution is 2.35. The molecule has 4 aromatic rings. The summed E-state index contributed by atoms with van der Waals surface area (Å²) in [7, 11) is -4.20. The smallest absolute Gasteiger partial charge is 0.325 e. The van der Waals surface area contributed by atoms with Crippen LogP contribution in [0.4, 0.5) is 5.69 Å². The van der Waals surface area contributed by atoms with Crippen molar-refractivity contribution in [2.24, 2.45) is 5.73 Å². The number of anilines is 1. The number of nitrogens with two attached hydrogens (primary N) is 1. The summed E-state index contributed by atoms with van der Waals surface area (Å²) in [5, 5.41) is 15.2. The van der Waals surface area contributed by atoms with E-state index in [1.807, 2.05) is 12.1 Å². The molecular formula is C31H31N3O7S. The van der Waals surface area contributed by atoms with Gasteiger partial charge in [0.15, 0.2) is 0 Å².